The molecule has 0 spiro atoms. The fraction of sp³-hybridized carbons (Fsp3) is 0.154. The zero-order valence-corrected chi connectivity index (χ0v) is 20.0. The maximum Gasteiger partial charge on any atom is 0.280 e. The molecule has 0 aliphatic heterocycles. The molecular formula is C26H23ClN6O2. The van der Waals surface area contributed by atoms with Crippen LogP contribution in [0.25, 0.3) is 22.4 Å². The van der Waals surface area contributed by atoms with E-state index in [2.05, 4.69) is 10.4 Å². The van der Waals surface area contributed by atoms with Crippen molar-refractivity contribution in [3.63, 3.8) is 0 Å². The standard InChI is InChI=1S/C26H23ClN6O2/c1-17(19-8-4-3-5-9-19)28-22(34)16-32-26(35)23-24(18(2)29-32)30-33(21-12-10-20(27)11-13-21)25(23)31-14-6-7-15-31/h3-15,17H,16H2,1-2H3,(H,28,34)/t17-/m1/s1. The van der Waals surface area contributed by atoms with Gasteiger partial charge in [0.1, 0.15) is 17.4 Å². The van der Waals surface area contributed by atoms with Crippen molar-refractivity contribution in [2.24, 2.45) is 0 Å². The van der Waals surface area contributed by atoms with Gasteiger partial charge in [-0.1, -0.05) is 41.9 Å². The first kappa shape index (κ1) is 22.6. The van der Waals surface area contributed by atoms with Gasteiger partial charge in [0.25, 0.3) is 5.56 Å². The minimum Gasteiger partial charge on any atom is -0.348 e. The van der Waals surface area contributed by atoms with Gasteiger partial charge >= 0.3 is 0 Å². The van der Waals surface area contributed by atoms with E-state index in [9.17, 15) is 9.59 Å². The molecule has 8 nitrogen and oxygen atoms in total. The number of rotatable bonds is 6. The summed E-state index contributed by atoms with van der Waals surface area (Å²) in [6, 6.07) is 20.4. The van der Waals surface area contributed by atoms with Gasteiger partial charge in [0.15, 0.2) is 5.82 Å². The van der Waals surface area contributed by atoms with Crippen molar-refractivity contribution in [1.82, 2.24) is 29.4 Å². The Kier molecular flexibility index (Phi) is 5.96. The molecule has 0 fully saturated rings. The van der Waals surface area contributed by atoms with Crippen LogP contribution in [-0.4, -0.2) is 30.0 Å². The van der Waals surface area contributed by atoms with E-state index in [4.69, 9.17) is 16.7 Å². The highest BCUT2D eigenvalue weighted by atomic mass is 35.5. The van der Waals surface area contributed by atoms with Gasteiger partial charge in [0, 0.05) is 17.4 Å². The van der Waals surface area contributed by atoms with Crippen molar-refractivity contribution >= 4 is 28.4 Å². The number of carbonyl (C=O) groups excluding carboxylic acids is 1. The molecule has 176 valence electrons. The number of aromatic nitrogens is 5. The number of hydrogen-bond donors (Lipinski definition) is 1. The Balaban J connectivity index is 1.58. The topological polar surface area (TPSA) is 86.7 Å². The predicted octanol–water partition coefficient (Wildman–Crippen LogP) is 4.21. The summed E-state index contributed by atoms with van der Waals surface area (Å²) in [4.78, 5) is 26.4. The second-order valence-electron chi connectivity index (χ2n) is 8.27. The molecule has 3 aromatic heterocycles. The summed E-state index contributed by atoms with van der Waals surface area (Å²) in [5.41, 5.74) is 2.35. The summed E-state index contributed by atoms with van der Waals surface area (Å²) in [6.45, 7) is 3.48. The molecule has 35 heavy (non-hydrogen) atoms. The summed E-state index contributed by atoms with van der Waals surface area (Å²) in [5.74, 6) is 0.261. The summed E-state index contributed by atoms with van der Waals surface area (Å²) in [5, 5.41) is 13.0. The molecule has 1 amide bonds. The lowest BCUT2D eigenvalue weighted by atomic mass is 10.1. The second-order valence-corrected chi connectivity index (χ2v) is 8.71. The molecule has 1 atom stereocenters. The molecule has 5 rings (SSSR count). The Morgan fingerprint density at radius 3 is 2.37 bits per heavy atom. The van der Waals surface area contributed by atoms with Gasteiger partial charge in [0.2, 0.25) is 5.91 Å². The van der Waals surface area contributed by atoms with Crippen molar-refractivity contribution < 1.29 is 4.79 Å². The highest BCUT2D eigenvalue weighted by Crippen LogP contribution is 2.25. The Morgan fingerprint density at radius 2 is 1.69 bits per heavy atom. The van der Waals surface area contributed by atoms with Crippen LogP contribution in [0.4, 0.5) is 0 Å². The van der Waals surface area contributed by atoms with Crippen LogP contribution >= 0.6 is 11.6 Å². The minimum absolute atomic E-state index is 0.202. The highest BCUT2D eigenvalue weighted by molar-refractivity contribution is 6.30. The van der Waals surface area contributed by atoms with Crippen LogP contribution in [-0.2, 0) is 11.3 Å². The normalized spacial score (nSPS) is 12.1. The molecule has 1 N–H and O–H groups in total. The monoisotopic (exact) mass is 486 g/mol. The van der Waals surface area contributed by atoms with Crippen molar-refractivity contribution in [1.29, 1.82) is 0 Å². The van der Waals surface area contributed by atoms with E-state index >= 15 is 0 Å². The van der Waals surface area contributed by atoms with Gasteiger partial charge in [-0.2, -0.15) is 10.2 Å². The molecule has 9 heteroatoms. The molecule has 0 aliphatic rings. The first-order valence-corrected chi connectivity index (χ1v) is 11.5. The zero-order valence-electron chi connectivity index (χ0n) is 19.2. The Hall–Kier alpha value is -4.17. The number of nitrogens with zero attached hydrogens (tertiary/aromatic N) is 5. The van der Waals surface area contributed by atoms with Crippen LogP contribution in [0.2, 0.25) is 5.02 Å². The third kappa shape index (κ3) is 4.36. The summed E-state index contributed by atoms with van der Waals surface area (Å²) >= 11 is 6.08. The maximum absolute atomic E-state index is 13.6. The van der Waals surface area contributed by atoms with Gasteiger partial charge in [0.05, 0.1) is 17.4 Å². The predicted molar refractivity (Wildman–Crippen MR) is 135 cm³/mol. The van der Waals surface area contributed by atoms with Crippen LogP contribution in [0.15, 0.2) is 83.9 Å². The van der Waals surface area contributed by atoms with Crippen LogP contribution < -0.4 is 10.9 Å². The lowest BCUT2D eigenvalue weighted by Crippen LogP contribution is -2.35. The number of amides is 1. The van der Waals surface area contributed by atoms with Gasteiger partial charge in [-0.25, -0.2) is 9.36 Å². The van der Waals surface area contributed by atoms with Crippen molar-refractivity contribution in [3.8, 4) is 11.5 Å². The summed E-state index contributed by atoms with van der Waals surface area (Å²) in [6.07, 6.45) is 3.69. The molecule has 3 heterocycles. The van der Waals surface area contributed by atoms with Crippen LogP contribution in [0, 0.1) is 6.92 Å². The number of carbonyl (C=O) groups is 1. The van der Waals surface area contributed by atoms with Crippen molar-refractivity contribution in [2.45, 2.75) is 26.4 Å². The third-order valence-corrected chi connectivity index (χ3v) is 6.07. The Bertz CT molecular complexity index is 1550. The van der Waals surface area contributed by atoms with E-state index in [1.165, 1.54) is 4.68 Å². The smallest absolute Gasteiger partial charge is 0.280 e. The zero-order chi connectivity index (χ0) is 24.5. The number of fused-ring (bicyclic) bond motifs is 1. The first-order valence-electron chi connectivity index (χ1n) is 11.2. The van der Waals surface area contributed by atoms with Crippen LogP contribution in [0.3, 0.4) is 0 Å². The molecule has 0 saturated heterocycles. The van der Waals surface area contributed by atoms with Crippen LogP contribution in [0.5, 0.6) is 0 Å². The molecule has 0 saturated carbocycles. The fourth-order valence-electron chi connectivity index (χ4n) is 4.09. The average Bonchev–Trinajstić information content (AvgIpc) is 3.52. The Labute approximate surface area is 206 Å². The number of nitrogens with one attached hydrogen (secondary N) is 1. The number of halogens is 1. The molecule has 0 unspecified atom stereocenters. The van der Waals surface area contributed by atoms with Gasteiger partial charge in [-0.15, -0.1) is 0 Å². The molecule has 5 aromatic rings. The SMILES string of the molecule is Cc1nn(CC(=O)N[C@H](C)c2ccccc2)c(=O)c2c(-n3cccc3)n(-c3ccc(Cl)cc3)nc12. The minimum atomic E-state index is -0.392. The van der Waals surface area contributed by atoms with Crippen molar-refractivity contribution in [3.05, 3.63) is 106 Å². The highest BCUT2D eigenvalue weighted by Gasteiger charge is 2.22. The second kappa shape index (κ2) is 9.23. The number of hydrogen-bond acceptors (Lipinski definition) is 4. The third-order valence-electron chi connectivity index (χ3n) is 5.81. The number of benzene rings is 2. The van der Waals surface area contributed by atoms with E-state index in [1.54, 1.807) is 23.7 Å². The largest absolute Gasteiger partial charge is 0.348 e. The van der Waals surface area contributed by atoms with Gasteiger partial charge in [-0.3, -0.25) is 9.59 Å². The molecule has 0 radical (unpaired) electrons. The van der Waals surface area contributed by atoms with Gasteiger partial charge in [-0.05, 0) is 55.8 Å². The lowest BCUT2D eigenvalue weighted by molar-refractivity contribution is -0.122. The van der Waals surface area contributed by atoms with Crippen molar-refractivity contribution in [2.75, 3.05) is 0 Å². The molecule has 2 aromatic carbocycles. The van der Waals surface area contributed by atoms with E-state index in [0.717, 1.165) is 11.3 Å². The maximum atomic E-state index is 13.6. The summed E-state index contributed by atoms with van der Waals surface area (Å²) in [7, 11) is 0. The average molecular weight is 487 g/mol. The quantitative estimate of drug-likeness (QED) is 0.389. The molecular weight excluding hydrogens is 464 g/mol. The van der Waals surface area contributed by atoms with E-state index in [0.29, 0.717) is 27.4 Å². The first-order chi connectivity index (χ1) is 16.9. The summed E-state index contributed by atoms with van der Waals surface area (Å²) < 4.78 is 4.72. The molecule has 0 aliphatic carbocycles. The van der Waals surface area contributed by atoms with E-state index in [1.807, 2.05) is 78.5 Å². The van der Waals surface area contributed by atoms with E-state index in [-0.39, 0.29) is 18.5 Å². The van der Waals surface area contributed by atoms with Crippen LogP contribution in [0.1, 0.15) is 24.2 Å². The van der Waals surface area contributed by atoms with E-state index < -0.39 is 5.56 Å². The molecule has 0 bridgehead atoms. The fourth-order valence-corrected chi connectivity index (χ4v) is 4.22. The lowest BCUT2D eigenvalue weighted by Gasteiger charge is -2.15. The number of aryl methyl sites for hydroxylation is 1. The van der Waals surface area contributed by atoms with Gasteiger partial charge < -0.3 is 9.88 Å². The Morgan fingerprint density at radius 1 is 1.00 bits per heavy atom.